The van der Waals surface area contributed by atoms with Crippen molar-refractivity contribution in [3.8, 4) is 0 Å². The highest BCUT2D eigenvalue weighted by atomic mass is 19.1. The highest BCUT2D eigenvalue weighted by Gasteiger charge is 2.23. The monoisotopic (exact) mass is 395 g/mol. The van der Waals surface area contributed by atoms with Gasteiger partial charge in [-0.05, 0) is 55.8 Å². The van der Waals surface area contributed by atoms with Crippen LogP contribution in [0.5, 0.6) is 0 Å². The Morgan fingerprint density at radius 2 is 1.45 bits per heavy atom. The van der Waals surface area contributed by atoms with Crippen molar-refractivity contribution >= 4 is 11.6 Å². The molecule has 0 aromatic heterocycles. The van der Waals surface area contributed by atoms with E-state index in [1.165, 1.54) is 50.4 Å². The van der Waals surface area contributed by atoms with Crippen molar-refractivity contribution in [3.05, 3.63) is 65.5 Å². The van der Waals surface area contributed by atoms with E-state index in [0.29, 0.717) is 31.9 Å². The molecule has 0 saturated carbocycles. The van der Waals surface area contributed by atoms with Crippen molar-refractivity contribution < 1.29 is 9.18 Å². The van der Waals surface area contributed by atoms with Gasteiger partial charge in [0.15, 0.2) is 0 Å². The topological polar surface area (TPSA) is 26.8 Å². The van der Waals surface area contributed by atoms with Gasteiger partial charge in [-0.25, -0.2) is 4.39 Å². The van der Waals surface area contributed by atoms with Gasteiger partial charge in [0.25, 0.3) is 5.91 Å². The first-order valence-corrected chi connectivity index (χ1v) is 10.8. The number of piperazine rings is 1. The highest BCUT2D eigenvalue weighted by Crippen LogP contribution is 2.21. The smallest absolute Gasteiger partial charge is 0.253 e. The Balaban J connectivity index is 1.32. The first-order valence-electron chi connectivity index (χ1n) is 10.8. The van der Waals surface area contributed by atoms with Crippen LogP contribution in [0, 0.1) is 5.82 Å². The van der Waals surface area contributed by atoms with Gasteiger partial charge in [-0.1, -0.05) is 37.1 Å². The minimum absolute atomic E-state index is 0.0690. The molecule has 5 heteroatoms. The average molecular weight is 396 g/mol. The van der Waals surface area contributed by atoms with Gasteiger partial charge in [-0.15, -0.1) is 0 Å². The molecule has 1 amide bonds. The van der Waals surface area contributed by atoms with Crippen LogP contribution < -0.4 is 4.90 Å². The summed E-state index contributed by atoms with van der Waals surface area (Å²) in [5.74, 6) is -0.133. The Labute approximate surface area is 172 Å². The lowest BCUT2D eigenvalue weighted by atomic mass is 10.1. The molecule has 2 aromatic rings. The maximum Gasteiger partial charge on any atom is 0.253 e. The zero-order chi connectivity index (χ0) is 20.1. The lowest BCUT2D eigenvalue weighted by molar-refractivity contribution is 0.0746. The van der Waals surface area contributed by atoms with Crippen LogP contribution in [-0.2, 0) is 6.54 Å². The Bertz CT molecular complexity index is 807. The number of carbonyl (C=O) groups is 1. The molecule has 0 spiro atoms. The van der Waals surface area contributed by atoms with E-state index in [-0.39, 0.29) is 11.7 Å². The van der Waals surface area contributed by atoms with E-state index < -0.39 is 0 Å². The molecule has 29 heavy (non-hydrogen) atoms. The third kappa shape index (κ3) is 4.96. The molecule has 2 saturated heterocycles. The van der Waals surface area contributed by atoms with E-state index in [1.807, 2.05) is 28.0 Å². The molecule has 0 aliphatic carbocycles. The minimum Gasteiger partial charge on any atom is -0.366 e. The van der Waals surface area contributed by atoms with Gasteiger partial charge in [0, 0.05) is 38.3 Å². The van der Waals surface area contributed by atoms with Crippen molar-refractivity contribution in [1.82, 2.24) is 9.80 Å². The Hall–Kier alpha value is -2.40. The number of rotatable bonds is 4. The second-order valence-corrected chi connectivity index (χ2v) is 8.12. The van der Waals surface area contributed by atoms with Crippen LogP contribution in [-0.4, -0.2) is 55.0 Å². The molecular formula is C24H30FN3O. The Morgan fingerprint density at radius 3 is 2.10 bits per heavy atom. The van der Waals surface area contributed by atoms with Crippen LogP contribution >= 0.6 is 0 Å². The van der Waals surface area contributed by atoms with Gasteiger partial charge in [0.2, 0.25) is 0 Å². The fourth-order valence-electron chi connectivity index (χ4n) is 4.35. The molecule has 0 atom stereocenters. The highest BCUT2D eigenvalue weighted by molar-refractivity contribution is 5.94. The van der Waals surface area contributed by atoms with Crippen molar-refractivity contribution in [2.24, 2.45) is 0 Å². The Kier molecular flexibility index (Phi) is 6.45. The molecule has 2 heterocycles. The SMILES string of the molecule is O=C(c1ccc(CN2CCCCCC2)cc1)N1CCN(c2ccccc2F)CC1. The predicted molar refractivity (Wildman–Crippen MR) is 115 cm³/mol. The zero-order valence-corrected chi connectivity index (χ0v) is 17.0. The lowest BCUT2D eigenvalue weighted by Crippen LogP contribution is -2.49. The number of likely N-dealkylation sites (tertiary alicyclic amines) is 1. The molecule has 2 aliphatic rings. The fraction of sp³-hybridized carbons (Fsp3) is 0.458. The summed E-state index contributed by atoms with van der Waals surface area (Å²) >= 11 is 0. The summed E-state index contributed by atoms with van der Waals surface area (Å²) in [6, 6.07) is 14.9. The van der Waals surface area contributed by atoms with Crippen molar-refractivity contribution in [1.29, 1.82) is 0 Å². The third-order valence-corrected chi connectivity index (χ3v) is 6.07. The number of amides is 1. The molecule has 0 radical (unpaired) electrons. The number of carbonyl (C=O) groups excluding carboxylic acids is 1. The van der Waals surface area contributed by atoms with Crippen molar-refractivity contribution in [3.63, 3.8) is 0 Å². The minimum atomic E-state index is -0.202. The molecule has 0 N–H and O–H groups in total. The standard InChI is InChI=1S/C24H30FN3O/c25-22-7-3-4-8-23(22)27-15-17-28(18-16-27)24(29)21-11-9-20(10-12-21)19-26-13-5-1-2-6-14-26/h3-4,7-12H,1-2,5-6,13-19H2. The normalized spacial score (nSPS) is 18.5. The van der Waals surface area contributed by atoms with E-state index in [1.54, 1.807) is 12.1 Å². The number of hydrogen-bond donors (Lipinski definition) is 0. The summed E-state index contributed by atoms with van der Waals surface area (Å²) in [5.41, 5.74) is 2.63. The largest absolute Gasteiger partial charge is 0.366 e. The third-order valence-electron chi connectivity index (χ3n) is 6.07. The summed E-state index contributed by atoms with van der Waals surface area (Å²) in [6.07, 6.45) is 5.26. The Morgan fingerprint density at radius 1 is 0.793 bits per heavy atom. The van der Waals surface area contributed by atoms with Gasteiger partial charge in [-0.2, -0.15) is 0 Å². The summed E-state index contributed by atoms with van der Waals surface area (Å²) in [4.78, 5) is 19.3. The van der Waals surface area contributed by atoms with Gasteiger partial charge in [0.1, 0.15) is 5.82 Å². The first kappa shape index (κ1) is 19.9. The predicted octanol–water partition coefficient (Wildman–Crippen LogP) is 4.16. The first-order chi connectivity index (χ1) is 14.2. The van der Waals surface area contributed by atoms with Gasteiger partial charge in [0.05, 0.1) is 5.69 Å². The number of benzene rings is 2. The fourth-order valence-corrected chi connectivity index (χ4v) is 4.35. The maximum absolute atomic E-state index is 14.0. The number of nitrogens with zero attached hydrogens (tertiary/aromatic N) is 3. The molecule has 0 bridgehead atoms. The van der Waals surface area contributed by atoms with E-state index >= 15 is 0 Å². The summed E-state index contributed by atoms with van der Waals surface area (Å²) in [6.45, 7) is 5.85. The molecule has 2 fully saturated rings. The van der Waals surface area contributed by atoms with Crippen LogP contribution in [0.4, 0.5) is 10.1 Å². The van der Waals surface area contributed by atoms with Crippen LogP contribution in [0.2, 0.25) is 0 Å². The van der Waals surface area contributed by atoms with Crippen LogP contribution in [0.25, 0.3) is 0 Å². The summed E-state index contributed by atoms with van der Waals surface area (Å²) < 4.78 is 14.0. The van der Waals surface area contributed by atoms with Gasteiger partial charge >= 0.3 is 0 Å². The van der Waals surface area contributed by atoms with Crippen LogP contribution in [0.3, 0.4) is 0 Å². The number of hydrogen-bond acceptors (Lipinski definition) is 3. The van der Waals surface area contributed by atoms with Crippen LogP contribution in [0.1, 0.15) is 41.6 Å². The van der Waals surface area contributed by atoms with E-state index in [0.717, 1.165) is 12.1 Å². The number of para-hydroxylation sites is 1. The van der Waals surface area contributed by atoms with Crippen molar-refractivity contribution in [2.45, 2.75) is 32.2 Å². The molecule has 4 rings (SSSR count). The van der Waals surface area contributed by atoms with Gasteiger partial charge < -0.3 is 9.80 Å². The molecule has 2 aliphatic heterocycles. The van der Waals surface area contributed by atoms with E-state index in [4.69, 9.17) is 0 Å². The molecule has 154 valence electrons. The van der Waals surface area contributed by atoms with E-state index in [9.17, 15) is 9.18 Å². The van der Waals surface area contributed by atoms with Crippen LogP contribution in [0.15, 0.2) is 48.5 Å². The summed E-state index contributed by atoms with van der Waals surface area (Å²) in [5, 5.41) is 0. The quantitative estimate of drug-likeness (QED) is 0.778. The average Bonchev–Trinajstić information content (AvgIpc) is 3.03. The second-order valence-electron chi connectivity index (χ2n) is 8.12. The summed E-state index contributed by atoms with van der Waals surface area (Å²) in [7, 11) is 0. The molecule has 2 aromatic carbocycles. The zero-order valence-electron chi connectivity index (χ0n) is 17.0. The van der Waals surface area contributed by atoms with E-state index in [2.05, 4.69) is 17.0 Å². The number of anilines is 1. The van der Waals surface area contributed by atoms with Gasteiger partial charge in [-0.3, -0.25) is 9.69 Å². The van der Waals surface area contributed by atoms with Crippen molar-refractivity contribution in [2.75, 3.05) is 44.2 Å². The lowest BCUT2D eigenvalue weighted by Gasteiger charge is -2.36. The molecule has 0 unspecified atom stereocenters. The second kappa shape index (κ2) is 9.40. The number of halogens is 1. The molecular weight excluding hydrogens is 365 g/mol. The molecule has 4 nitrogen and oxygen atoms in total. The maximum atomic E-state index is 14.0.